The molecule has 0 aliphatic carbocycles. The summed E-state index contributed by atoms with van der Waals surface area (Å²) in [5.41, 5.74) is -0.516. The first-order valence-corrected chi connectivity index (χ1v) is 5.17. The maximum absolute atomic E-state index is 12.5. The number of amides is 2. The van der Waals surface area contributed by atoms with E-state index in [9.17, 15) is 18.0 Å². The van der Waals surface area contributed by atoms with Crippen LogP contribution in [-0.2, 0) is 6.18 Å². The number of carbonyl (C=O) groups excluding carboxylic acids is 1. The topological polar surface area (TPSA) is 41.1 Å². The van der Waals surface area contributed by atoms with Crippen LogP contribution in [0.2, 0.25) is 5.02 Å². The lowest BCUT2D eigenvalue weighted by atomic mass is 10.0. The zero-order valence-electron chi connectivity index (χ0n) is 8.44. The Morgan fingerprint density at radius 1 is 1.35 bits per heavy atom. The minimum atomic E-state index is -4.42. The Kier molecular flexibility index (Phi) is 2.91. The minimum absolute atomic E-state index is 0.201. The van der Waals surface area contributed by atoms with Crippen molar-refractivity contribution in [2.24, 2.45) is 0 Å². The Labute approximate surface area is 99.9 Å². The number of alkyl halides is 3. The number of benzene rings is 1. The standard InChI is InChI=1S/C10H8ClF3N2O/c11-7-2-1-5(10(12,13)14)3-6(7)8-4-15-9(17)16-8/h1-3,8H,4H2,(H2,15,16,17)/t8-/m1/s1. The zero-order valence-corrected chi connectivity index (χ0v) is 9.19. The van der Waals surface area contributed by atoms with Gasteiger partial charge in [-0.3, -0.25) is 0 Å². The molecule has 1 fully saturated rings. The SMILES string of the molecule is O=C1NC[C@H](c2cc(C(F)(F)F)ccc2Cl)N1. The van der Waals surface area contributed by atoms with Crippen LogP contribution < -0.4 is 10.6 Å². The molecule has 1 aromatic carbocycles. The van der Waals surface area contributed by atoms with E-state index in [1.807, 2.05) is 0 Å². The molecule has 0 bridgehead atoms. The molecule has 17 heavy (non-hydrogen) atoms. The molecule has 92 valence electrons. The highest BCUT2D eigenvalue weighted by Gasteiger charge is 2.32. The fourth-order valence-corrected chi connectivity index (χ4v) is 1.88. The van der Waals surface area contributed by atoms with Gasteiger partial charge in [-0.05, 0) is 23.8 Å². The average molecular weight is 265 g/mol. The molecule has 2 N–H and O–H groups in total. The van der Waals surface area contributed by atoms with Crippen molar-refractivity contribution < 1.29 is 18.0 Å². The quantitative estimate of drug-likeness (QED) is 0.804. The van der Waals surface area contributed by atoms with Crippen molar-refractivity contribution in [2.75, 3.05) is 6.54 Å². The third kappa shape index (κ3) is 2.46. The molecule has 1 aliphatic heterocycles. The van der Waals surface area contributed by atoms with E-state index in [2.05, 4.69) is 10.6 Å². The molecule has 0 unspecified atom stereocenters. The first-order chi connectivity index (χ1) is 7.88. The summed E-state index contributed by atoms with van der Waals surface area (Å²) >= 11 is 5.83. The molecule has 1 atom stereocenters. The van der Waals surface area contributed by atoms with Crippen molar-refractivity contribution in [3.05, 3.63) is 34.3 Å². The van der Waals surface area contributed by atoms with Crippen LogP contribution in [0.1, 0.15) is 17.2 Å². The normalized spacial score (nSPS) is 20.0. The van der Waals surface area contributed by atoms with Gasteiger partial charge in [-0.2, -0.15) is 13.2 Å². The highest BCUT2D eigenvalue weighted by Crippen LogP contribution is 2.34. The summed E-state index contributed by atoms with van der Waals surface area (Å²) in [6.45, 7) is 0.222. The molecular formula is C10H8ClF3N2O. The molecule has 0 spiro atoms. The van der Waals surface area contributed by atoms with Crippen molar-refractivity contribution in [1.82, 2.24) is 10.6 Å². The molecule has 2 rings (SSSR count). The van der Waals surface area contributed by atoms with Gasteiger partial charge in [0.25, 0.3) is 0 Å². The van der Waals surface area contributed by atoms with Crippen LogP contribution in [0.4, 0.5) is 18.0 Å². The van der Waals surface area contributed by atoms with E-state index in [4.69, 9.17) is 11.6 Å². The summed E-state index contributed by atoms with van der Waals surface area (Å²) in [5, 5.41) is 5.15. The van der Waals surface area contributed by atoms with Gasteiger partial charge < -0.3 is 10.6 Å². The Balaban J connectivity index is 2.36. The smallest absolute Gasteiger partial charge is 0.336 e. The summed E-state index contributed by atoms with van der Waals surface area (Å²) < 4.78 is 37.6. The van der Waals surface area contributed by atoms with E-state index in [0.717, 1.165) is 12.1 Å². The minimum Gasteiger partial charge on any atom is -0.336 e. The molecule has 1 aliphatic rings. The van der Waals surface area contributed by atoms with Gasteiger partial charge in [0.2, 0.25) is 0 Å². The molecule has 7 heteroatoms. The van der Waals surface area contributed by atoms with Gasteiger partial charge in [-0.25, -0.2) is 4.79 Å². The average Bonchev–Trinajstić information content (AvgIpc) is 2.63. The molecule has 1 saturated heterocycles. The van der Waals surface area contributed by atoms with E-state index in [1.165, 1.54) is 6.07 Å². The highest BCUT2D eigenvalue weighted by molar-refractivity contribution is 6.31. The van der Waals surface area contributed by atoms with Gasteiger partial charge in [0.15, 0.2) is 0 Å². The number of halogens is 4. The summed E-state index contributed by atoms with van der Waals surface area (Å²) in [7, 11) is 0. The fraction of sp³-hybridized carbons (Fsp3) is 0.300. The van der Waals surface area contributed by atoms with Gasteiger partial charge in [-0.15, -0.1) is 0 Å². The number of rotatable bonds is 1. The fourth-order valence-electron chi connectivity index (χ4n) is 1.63. The first-order valence-electron chi connectivity index (χ1n) is 4.79. The number of carbonyl (C=O) groups is 1. The third-order valence-electron chi connectivity index (χ3n) is 2.47. The number of nitrogens with one attached hydrogen (secondary N) is 2. The van der Waals surface area contributed by atoms with E-state index in [0.29, 0.717) is 0 Å². The van der Waals surface area contributed by atoms with Gasteiger partial charge in [0.1, 0.15) is 0 Å². The van der Waals surface area contributed by atoms with E-state index in [-0.39, 0.29) is 17.1 Å². The van der Waals surface area contributed by atoms with Crippen LogP contribution in [-0.4, -0.2) is 12.6 Å². The lowest BCUT2D eigenvalue weighted by molar-refractivity contribution is -0.137. The molecular weight excluding hydrogens is 257 g/mol. The predicted octanol–water partition coefficient (Wildman–Crippen LogP) is 2.71. The second kappa shape index (κ2) is 4.10. The van der Waals surface area contributed by atoms with Crippen LogP contribution in [0.25, 0.3) is 0 Å². The maximum atomic E-state index is 12.5. The molecule has 0 saturated carbocycles. The van der Waals surface area contributed by atoms with Crippen molar-refractivity contribution in [1.29, 1.82) is 0 Å². The monoisotopic (exact) mass is 264 g/mol. The number of hydrogen-bond donors (Lipinski definition) is 2. The number of urea groups is 1. The molecule has 1 aromatic rings. The predicted molar refractivity (Wildman–Crippen MR) is 55.7 cm³/mol. The molecule has 0 radical (unpaired) electrons. The molecule has 2 amide bonds. The lowest BCUT2D eigenvalue weighted by Crippen LogP contribution is -2.22. The molecule has 0 aromatic heterocycles. The van der Waals surface area contributed by atoms with Crippen molar-refractivity contribution >= 4 is 17.6 Å². The van der Waals surface area contributed by atoms with Crippen LogP contribution in [0.5, 0.6) is 0 Å². The largest absolute Gasteiger partial charge is 0.416 e. The van der Waals surface area contributed by atoms with Crippen molar-refractivity contribution in [3.63, 3.8) is 0 Å². The summed E-state index contributed by atoms with van der Waals surface area (Å²) in [5.74, 6) is 0. The van der Waals surface area contributed by atoms with Gasteiger partial charge >= 0.3 is 12.2 Å². The van der Waals surface area contributed by atoms with Crippen LogP contribution >= 0.6 is 11.6 Å². The summed E-state index contributed by atoms with van der Waals surface area (Å²) in [6.07, 6.45) is -4.42. The second-order valence-electron chi connectivity index (χ2n) is 3.64. The Bertz CT molecular complexity index is 461. The summed E-state index contributed by atoms with van der Waals surface area (Å²) in [6, 6.07) is 2.11. The summed E-state index contributed by atoms with van der Waals surface area (Å²) in [4.78, 5) is 10.9. The van der Waals surface area contributed by atoms with Gasteiger partial charge in [-0.1, -0.05) is 11.6 Å². The van der Waals surface area contributed by atoms with Gasteiger partial charge in [0, 0.05) is 11.6 Å². The first kappa shape index (κ1) is 12.0. The van der Waals surface area contributed by atoms with Gasteiger partial charge in [0.05, 0.1) is 11.6 Å². The lowest BCUT2D eigenvalue weighted by Gasteiger charge is -2.14. The van der Waals surface area contributed by atoms with Crippen molar-refractivity contribution in [2.45, 2.75) is 12.2 Å². The van der Waals surface area contributed by atoms with Crippen LogP contribution in [0.15, 0.2) is 18.2 Å². The Morgan fingerprint density at radius 3 is 2.59 bits per heavy atom. The zero-order chi connectivity index (χ0) is 12.6. The molecule has 3 nitrogen and oxygen atoms in total. The highest BCUT2D eigenvalue weighted by atomic mass is 35.5. The van der Waals surface area contributed by atoms with Crippen molar-refractivity contribution in [3.8, 4) is 0 Å². The van der Waals surface area contributed by atoms with E-state index < -0.39 is 23.8 Å². The Morgan fingerprint density at radius 2 is 2.06 bits per heavy atom. The number of hydrogen-bond acceptors (Lipinski definition) is 1. The van der Waals surface area contributed by atoms with Crippen LogP contribution in [0, 0.1) is 0 Å². The Hall–Kier alpha value is -1.43. The molecule has 1 heterocycles. The van der Waals surface area contributed by atoms with Crippen LogP contribution in [0.3, 0.4) is 0 Å². The van der Waals surface area contributed by atoms with E-state index in [1.54, 1.807) is 0 Å². The maximum Gasteiger partial charge on any atom is 0.416 e. The third-order valence-corrected chi connectivity index (χ3v) is 2.82. The second-order valence-corrected chi connectivity index (χ2v) is 4.05. The van der Waals surface area contributed by atoms with E-state index >= 15 is 0 Å².